The third kappa shape index (κ3) is 70.3. The van der Waals surface area contributed by atoms with Crippen molar-refractivity contribution in [3.05, 3.63) is 0 Å². The van der Waals surface area contributed by atoms with Gasteiger partial charge in [0.25, 0.3) is 0 Å². The van der Waals surface area contributed by atoms with Gasteiger partial charge in [-0.2, -0.15) is 0 Å². The second-order valence-corrected chi connectivity index (χ2v) is 30.8. The Balaban J connectivity index is 5.25. The van der Waals surface area contributed by atoms with Gasteiger partial charge in [0.15, 0.2) is 12.2 Å². The smallest absolute Gasteiger partial charge is 0.462 e. The van der Waals surface area contributed by atoms with Gasteiger partial charge in [0.05, 0.1) is 26.4 Å². The van der Waals surface area contributed by atoms with Gasteiger partial charge in [0, 0.05) is 25.7 Å². The van der Waals surface area contributed by atoms with Crippen LogP contribution in [0.25, 0.3) is 0 Å². The quantitative estimate of drug-likeness (QED) is 0.0222. The first-order valence-corrected chi connectivity index (χ1v) is 42.6. The van der Waals surface area contributed by atoms with Crippen LogP contribution in [-0.2, 0) is 65.4 Å². The fraction of sp³-hybridized carbons (Fsp3) is 0.947. The molecule has 0 saturated heterocycles. The highest BCUT2D eigenvalue weighted by Gasteiger charge is 2.30. The van der Waals surface area contributed by atoms with Crippen molar-refractivity contribution in [3.8, 4) is 0 Å². The number of hydrogen-bond donors (Lipinski definition) is 3. The maximum Gasteiger partial charge on any atom is 0.472 e. The molecular weight excluding hydrogens is 1250 g/mol. The number of carbonyl (C=O) groups is 4. The van der Waals surface area contributed by atoms with E-state index in [1.54, 1.807) is 0 Å². The summed E-state index contributed by atoms with van der Waals surface area (Å²) in [6.07, 6.45) is 58.1. The Morgan fingerprint density at radius 2 is 0.484 bits per heavy atom. The summed E-state index contributed by atoms with van der Waals surface area (Å²) in [6.45, 7) is 7.30. The number of hydrogen-bond acceptors (Lipinski definition) is 15. The standard InChI is InChI=1S/C76H148O17P2/c1-6-9-12-15-18-21-24-26-28-30-32-36-41-46-51-56-61-75(80)92-72(66-87-74(79)60-55-50-45-40-35-31-29-27-25-22-19-16-13-10-7-2)68-91-95(84,85)89-64-70(77)63-88-94(82,83)90-67-71(65-86-73(78)59-54-49-44-39-23-20-17-14-11-8-3)93-76(81)62-57-52-47-42-37-33-34-38-43-48-53-58-69(4)5/h69-72,77H,6-68H2,1-5H3,(H,82,83)(H,84,85)/t70-,71+,72+/m0/s1. The molecule has 0 aromatic rings. The highest BCUT2D eigenvalue weighted by molar-refractivity contribution is 7.47. The van der Waals surface area contributed by atoms with E-state index in [1.165, 1.54) is 225 Å². The van der Waals surface area contributed by atoms with E-state index in [0.717, 1.165) is 95.8 Å². The molecule has 0 spiro atoms. The van der Waals surface area contributed by atoms with Crippen molar-refractivity contribution in [3.63, 3.8) is 0 Å². The molecule has 564 valence electrons. The zero-order chi connectivity index (χ0) is 69.8. The van der Waals surface area contributed by atoms with E-state index in [4.69, 9.17) is 37.0 Å². The number of phosphoric ester groups is 2. The molecule has 0 aromatic carbocycles. The van der Waals surface area contributed by atoms with Gasteiger partial charge in [-0.1, -0.05) is 349 Å². The molecule has 0 fully saturated rings. The van der Waals surface area contributed by atoms with E-state index < -0.39 is 97.5 Å². The lowest BCUT2D eigenvalue weighted by atomic mass is 10.0. The summed E-state index contributed by atoms with van der Waals surface area (Å²) in [6, 6.07) is 0. The van der Waals surface area contributed by atoms with Crippen molar-refractivity contribution in [2.75, 3.05) is 39.6 Å². The Labute approximate surface area is 581 Å². The Morgan fingerprint density at radius 3 is 0.716 bits per heavy atom. The Morgan fingerprint density at radius 1 is 0.284 bits per heavy atom. The molecule has 0 radical (unpaired) electrons. The molecule has 0 heterocycles. The topological polar surface area (TPSA) is 237 Å². The van der Waals surface area contributed by atoms with Crippen LogP contribution in [0.1, 0.15) is 401 Å². The molecule has 0 aliphatic carbocycles. The first-order valence-electron chi connectivity index (χ1n) is 39.6. The molecule has 0 amide bonds. The Kier molecular flexibility index (Phi) is 67.7. The predicted molar refractivity (Wildman–Crippen MR) is 386 cm³/mol. The lowest BCUT2D eigenvalue weighted by Crippen LogP contribution is -2.30. The monoisotopic (exact) mass is 1400 g/mol. The van der Waals surface area contributed by atoms with Crippen LogP contribution in [0.5, 0.6) is 0 Å². The third-order valence-electron chi connectivity index (χ3n) is 17.8. The molecule has 0 aliphatic rings. The van der Waals surface area contributed by atoms with Crippen LogP contribution in [-0.4, -0.2) is 96.7 Å². The van der Waals surface area contributed by atoms with Crippen LogP contribution in [0.3, 0.4) is 0 Å². The van der Waals surface area contributed by atoms with Crippen LogP contribution in [0.15, 0.2) is 0 Å². The number of phosphoric acid groups is 2. The molecule has 5 atom stereocenters. The molecule has 2 unspecified atom stereocenters. The van der Waals surface area contributed by atoms with Crippen molar-refractivity contribution in [1.29, 1.82) is 0 Å². The van der Waals surface area contributed by atoms with Crippen molar-refractivity contribution in [1.82, 2.24) is 0 Å². The molecule has 3 N–H and O–H groups in total. The van der Waals surface area contributed by atoms with E-state index in [1.807, 2.05) is 0 Å². The highest BCUT2D eigenvalue weighted by Crippen LogP contribution is 2.45. The highest BCUT2D eigenvalue weighted by atomic mass is 31.2. The number of aliphatic hydroxyl groups is 1. The van der Waals surface area contributed by atoms with E-state index in [0.29, 0.717) is 25.7 Å². The molecule has 17 nitrogen and oxygen atoms in total. The maximum absolute atomic E-state index is 13.1. The van der Waals surface area contributed by atoms with Gasteiger partial charge in [0.2, 0.25) is 0 Å². The van der Waals surface area contributed by atoms with Crippen molar-refractivity contribution in [2.45, 2.75) is 419 Å². The van der Waals surface area contributed by atoms with Gasteiger partial charge < -0.3 is 33.8 Å². The second kappa shape index (κ2) is 69.2. The predicted octanol–water partition coefficient (Wildman–Crippen LogP) is 22.5. The lowest BCUT2D eigenvalue weighted by Gasteiger charge is -2.21. The minimum atomic E-state index is -4.96. The second-order valence-electron chi connectivity index (χ2n) is 27.9. The van der Waals surface area contributed by atoms with Crippen LogP contribution in [0.4, 0.5) is 0 Å². The van der Waals surface area contributed by atoms with Crippen LogP contribution >= 0.6 is 15.6 Å². The summed E-state index contributed by atoms with van der Waals surface area (Å²) in [5.41, 5.74) is 0. The van der Waals surface area contributed by atoms with Crippen molar-refractivity contribution < 1.29 is 80.2 Å². The summed E-state index contributed by atoms with van der Waals surface area (Å²) in [5.74, 6) is -1.35. The van der Waals surface area contributed by atoms with Gasteiger partial charge >= 0.3 is 39.5 Å². The average molecular weight is 1400 g/mol. The number of ether oxygens (including phenoxy) is 4. The molecule has 0 aliphatic heterocycles. The first kappa shape index (κ1) is 93.1. The summed E-state index contributed by atoms with van der Waals surface area (Å²) in [7, 11) is -9.91. The lowest BCUT2D eigenvalue weighted by molar-refractivity contribution is -0.161. The molecule has 0 aromatic heterocycles. The molecule has 0 bridgehead atoms. The van der Waals surface area contributed by atoms with Crippen LogP contribution in [0, 0.1) is 5.92 Å². The molecule has 0 saturated carbocycles. The SMILES string of the molecule is CCCCCCCCCCCCCCCCCCC(=O)O[C@H](COC(=O)CCCCCCCCCCCCCCCCC)COP(=O)(O)OC[C@@H](O)COP(=O)(O)OC[C@@H](COC(=O)CCCCCCCCCCCC)OC(=O)CCCCCCCCCCCCCC(C)C. The first-order chi connectivity index (χ1) is 46.0. The van der Waals surface area contributed by atoms with Gasteiger partial charge in [-0.25, -0.2) is 9.13 Å². The largest absolute Gasteiger partial charge is 0.472 e. The number of unbranched alkanes of at least 4 members (excludes halogenated alkanes) is 48. The zero-order valence-corrected chi connectivity index (χ0v) is 63.6. The number of aliphatic hydroxyl groups excluding tert-OH is 1. The summed E-state index contributed by atoms with van der Waals surface area (Å²) >= 11 is 0. The summed E-state index contributed by atoms with van der Waals surface area (Å²) in [5, 5.41) is 10.6. The van der Waals surface area contributed by atoms with E-state index >= 15 is 0 Å². The number of rotatable bonds is 76. The molecular formula is C76H148O17P2. The van der Waals surface area contributed by atoms with Gasteiger partial charge in [0.1, 0.15) is 19.3 Å². The minimum absolute atomic E-state index is 0.107. The van der Waals surface area contributed by atoms with E-state index in [2.05, 4.69) is 34.6 Å². The van der Waals surface area contributed by atoms with Gasteiger partial charge in [-0.15, -0.1) is 0 Å². The summed E-state index contributed by atoms with van der Waals surface area (Å²) < 4.78 is 68.5. The number of esters is 4. The maximum atomic E-state index is 13.1. The Bertz CT molecular complexity index is 1820. The van der Waals surface area contributed by atoms with Gasteiger partial charge in [-0.05, 0) is 31.6 Å². The minimum Gasteiger partial charge on any atom is -0.462 e. The molecule has 95 heavy (non-hydrogen) atoms. The third-order valence-corrected chi connectivity index (χ3v) is 19.7. The van der Waals surface area contributed by atoms with Crippen molar-refractivity contribution in [2.24, 2.45) is 5.92 Å². The van der Waals surface area contributed by atoms with Gasteiger partial charge in [-0.3, -0.25) is 37.3 Å². The van der Waals surface area contributed by atoms with E-state index in [9.17, 15) is 43.2 Å². The summed E-state index contributed by atoms with van der Waals surface area (Å²) in [4.78, 5) is 72.8. The number of carbonyl (C=O) groups excluding carboxylic acids is 4. The van der Waals surface area contributed by atoms with Crippen LogP contribution < -0.4 is 0 Å². The molecule has 0 rings (SSSR count). The fourth-order valence-corrected chi connectivity index (χ4v) is 13.3. The van der Waals surface area contributed by atoms with Crippen molar-refractivity contribution >= 4 is 39.5 Å². The average Bonchev–Trinajstić information content (AvgIpc) is 3.01. The van der Waals surface area contributed by atoms with E-state index in [-0.39, 0.29) is 25.7 Å². The van der Waals surface area contributed by atoms with Crippen LogP contribution in [0.2, 0.25) is 0 Å². The zero-order valence-electron chi connectivity index (χ0n) is 61.8. The normalized spacial score (nSPS) is 13.9. The molecule has 19 heteroatoms. The fourth-order valence-electron chi connectivity index (χ4n) is 11.7. The Hall–Kier alpha value is -1.94.